The average molecular weight is 443 g/mol. The van der Waals surface area contributed by atoms with E-state index in [4.69, 9.17) is 25.9 Å². The van der Waals surface area contributed by atoms with E-state index < -0.39 is 23.1 Å². The number of phenolic OH excluding ortho intramolecular Hbond substituents is 1. The van der Waals surface area contributed by atoms with Crippen LogP contribution in [0.5, 0.6) is 11.5 Å². The zero-order chi connectivity index (χ0) is 22.1. The Morgan fingerprint density at radius 2 is 1.90 bits per heavy atom. The highest BCUT2D eigenvalue weighted by Gasteiger charge is 2.31. The van der Waals surface area contributed by atoms with Crippen molar-refractivity contribution in [2.75, 3.05) is 6.61 Å². The molecule has 2 N–H and O–H groups in total. The van der Waals surface area contributed by atoms with Crippen molar-refractivity contribution >= 4 is 28.5 Å². The average Bonchev–Trinajstić information content (AvgIpc) is 2.66. The van der Waals surface area contributed by atoms with Gasteiger partial charge < -0.3 is 19.4 Å². The Balaban J connectivity index is 2.11. The lowest BCUT2D eigenvalue weighted by atomic mass is 10.1. The first kappa shape index (κ1) is 21.5. The van der Waals surface area contributed by atoms with E-state index in [1.165, 1.54) is 12.1 Å². The molecule has 0 aliphatic heterocycles. The minimum Gasteiger partial charge on any atom is -0.507 e. The zero-order valence-electron chi connectivity index (χ0n) is 15.1. The maximum Gasteiger partial charge on any atom is 0.416 e. The Morgan fingerprint density at radius 3 is 2.57 bits per heavy atom. The monoisotopic (exact) mass is 442 g/mol. The number of hydrogen-bond donors (Lipinski definition) is 2. The van der Waals surface area contributed by atoms with E-state index in [9.17, 15) is 27.9 Å². The summed E-state index contributed by atoms with van der Waals surface area (Å²) < 4.78 is 50.3. The van der Waals surface area contributed by atoms with E-state index in [1.807, 2.05) is 0 Å². The van der Waals surface area contributed by atoms with Crippen LogP contribution in [0.15, 0.2) is 45.6 Å². The largest absolute Gasteiger partial charge is 0.507 e. The third kappa shape index (κ3) is 4.51. The lowest BCUT2D eigenvalue weighted by Crippen LogP contribution is -2.08. The molecule has 3 aromatic rings. The van der Waals surface area contributed by atoms with Gasteiger partial charge in [-0.2, -0.15) is 13.2 Å². The van der Waals surface area contributed by atoms with Crippen LogP contribution in [0, 0.1) is 0 Å². The molecule has 0 fully saturated rings. The van der Waals surface area contributed by atoms with Crippen molar-refractivity contribution in [2.24, 2.45) is 0 Å². The van der Waals surface area contributed by atoms with Crippen LogP contribution < -0.4 is 10.2 Å². The van der Waals surface area contributed by atoms with Gasteiger partial charge in [-0.25, -0.2) is 0 Å². The summed E-state index contributed by atoms with van der Waals surface area (Å²) in [5.41, 5.74) is -1.73. The summed E-state index contributed by atoms with van der Waals surface area (Å²) in [5, 5.41) is 18.4. The van der Waals surface area contributed by atoms with Crippen LogP contribution in [0.2, 0.25) is 5.02 Å². The quantitative estimate of drug-likeness (QED) is 0.517. The summed E-state index contributed by atoms with van der Waals surface area (Å²) in [6.07, 6.45) is -4.81. The first-order valence-electron chi connectivity index (χ1n) is 8.59. The van der Waals surface area contributed by atoms with E-state index in [1.54, 1.807) is 0 Å². The van der Waals surface area contributed by atoms with Crippen molar-refractivity contribution in [3.05, 3.63) is 57.2 Å². The number of carbonyl (C=O) groups is 1. The van der Waals surface area contributed by atoms with Gasteiger partial charge in [0.25, 0.3) is 0 Å². The van der Waals surface area contributed by atoms with Crippen molar-refractivity contribution in [2.45, 2.75) is 19.0 Å². The maximum atomic E-state index is 13.1. The van der Waals surface area contributed by atoms with Gasteiger partial charge in [-0.1, -0.05) is 11.6 Å². The number of aromatic hydroxyl groups is 1. The molecule has 2 aromatic carbocycles. The molecule has 0 saturated carbocycles. The normalized spacial score (nSPS) is 11.6. The van der Waals surface area contributed by atoms with Gasteiger partial charge in [-0.05, 0) is 36.8 Å². The second-order valence-corrected chi connectivity index (χ2v) is 6.71. The molecule has 0 bridgehead atoms. The Hall–Kier alpha value is -3.20. The Kier molecular flexibility index (Phi) is 5.93. The summed E-state index contributed by atoms with van der Waals surface area (Å²) in [6, 6.07) is 6.15. The minimum atomic E-state index is -4.64. The third-order valence-corrected chi connectivity index (χ3v) is 4.47. The molecular formula is C20H14ClF3O6. The number of rotatable bonds is 6. The Bertz CT molecular complexity index is 1170. The number of ether oxygens (including phenoxy) is 1. The van der Waals surface area contributed by atoms with Gasteiger partial charge in [-0.3, -0.25) is 9.59 Å². The highest BCUT2D eigenvalue weighted by Crippen LogP contribution is 2.39. The molecule has 1 heterocycles. The van der Waals surface area contributed by atoms with Crippen LogP contribution >= 0.6 is 11.6 Å². The standard InChI is InChI=1S/C20H14ClF3O6/c21-12-5-6-13(25)18-14(26)9-16(30-19(12)18)11-4-3-10(20(22,23)24)8-15(11)29-7-1-2-17(27)28/h3-6,8-9,25H,1-2,7H2,(H,27,28). The van der Waals surface area contributed by atoms with Crippen LogP contribution in [-0.4, -0.2) is 22.8 Å². The second-order valence-electron chi connectivity index (χ2n) is 6.30. The molecule has 0 radical (unpaired) electrons. The first-order chi connectivity index (χ1) is 14.1. The van der Waals surface area contributed by atoms with Crippen LogP contribution in [0.3, 0.4) is 0 Å². The molecule has 0 amide bonds. The molecule has 10 heteroatoms. The molecule has 3 rings (SSSR count). The fourth-order valence-electron chi connectivity index (χ4n) is 2.78. The number of halogens is 4. The molecule has 30 heavy (non-hydrogen) atoms. The van der Waals surface area contributed by atoms with Gasteiger partial charge in [0.15, 0.2) is 11.0 Å². The molecule has 0 atom stereocenters. The molecule has 0 aliphatic rings. The van der Waals surface area contributed by atoms with Crippen LogP contribution in [0.4, 0.5) is 13.2 Å². The predicted molar refractivity (Wildman–Crippen MR) is 102 cm³/mol. The van der Waals surface area contributed by atoms with Gasteiger partial charge >= 0.3 is 12.1 Å². The van der Waals surface area contributed by atoms with Gasteiger partial charge in [0.05, 0.1) is 22.8 Å². The number of benzene rings is 2. The molecule has 158 valence electrons. The van der Waals surface area contributed by atoms with E-state index in [0.29, 0.717) is 0 Å². The van der Waals surface area contributed by atoms with Crippen molar-refractivity contribution < 1.29 is 37.3 Å². The fourth-order valence-corrected chi connectivity index (χ4v) is 2.97. The van der Waals surface area contributed by atoms with Crippen LogP contribution in [0.25, 0.3) is 22.3 Å². The highest BCUT2D eigenvalue weighted by atomic mass is 35.5. The number of alkyl halides is 3. The number of hydrogen-bond acceptors (Lipinski definition) is 5. The molecule has 0 spiro atoms. The molecule has 1 aromatic heterocycles. The minimum absolute atomic E-state index is 0.0255. The summed E-state index contributed by atoms with van der Waals surface area (Å²) in [5.74, 6) is -1.79. The molecule has 6 nitrogen and oxygen atoms in total. The van der Waals surface area contributed by atoms with E-state index >= 15 is 0 Å². The summed E-state index contributed by atoms with van der Waals surface area (Å²) >= 11 is 6.04. The maximum absolute atomic E-state index is 13.1. The third-order valence-electron chi connectivity index (χ3n) is 4.18. The van der Waals surface area contributed by atoms with Crippen LogP contribution in [-0.2, 0) is 11.0 Å². The SMILES string of the molecule is O=C(O)CCCOc1cc(C(F)(F)F)ccc1-c1cc(=O)c2c(O)ccc(Cl)c2o1. The second kappa shape index (κ2) is 8.27. The van der Waals surface area contributed by atoms with Crippen molar-refractivity contribution in [3.8, 4) is 22.8 Å². The van der Waals surface area contributed by atoms with Crippen molar-refractivity contribution in [3.63, 3.8) is 0 Å². The first-order valence-corrected chi connectivity index (χ1v) is 8.97. The van der Waals surface area contributed by atoms with Gasteiger partial charge in [0.1, 0.15) is 22.6 Å². The molecular weight excluding hydrogens is 429 g/mol. The molecule has 0 saturated heterocycles. The summed E-state index contributed by atoms with van der Waals surface area (Å²) in [6.45, 7) is -0.167. The lowest BCUT2D eigenvalue weighted by Gasteiger charge is -2.15. The molecule has 0 aliphatic carbocycles. The van der Waals surface area contributed by atoms with Crippen molar-refractivity contribution in [1.82, 2.24) is 0 Å². The number of carboxylic acids is 1. The fraction of sp³-hybridized carbons (Fsp3) is 0.200. The molecule has 0 unspecified atom stereocenters. The summed E-state index contributed by atoms with van der Waals surface area (Å²) in [4.78, 5) is 23.1. The Labute approximate surface area is 172 Å². The number of carboxylic acid groups (broad SMARTS) is 1. The lowest BCUT2D eigenvalue weighted by molar-refractivity contribution is -0.138. The van der Waals surface area contributed by atoms with E-state index in [-0.39, 0.29) is 58.3 Å². The highest BCUT2D eigenvalue weighted by molar-refractivity contribution is 6.35. The van der Waals surface area contributed by atoms with Gasteiger partial charge in [-0.15, -0.1) is 0 Å². The number of phenols is 1. The zero-order valence-corrected chi connectivity index (χ0v) is 15.9. The topological polar surface area (TPSA) is 97.0 Å². The Morgan fingerprint density at radius 1 is 1.17 bits per heavy atom. The van der Waals surface area contributed by atoms with Gasteiger partial charge in [0.2, 0.25) is 0 Å². The van der Waals surface area contributed by atoms with Crippen molar-refractivity contribution in [1.29, 1.82) is 0 Å². The summed E-state index contributed by atoms with van der Waals surface area (Å²) in [7, 11) is 0. The van der Waals surface area contributed by atoms with Crippen LogP contribution in [0.1, 0.15) is 18.4 Å². The number of aliphatic carboxylic acids is 1. The smallest absolute Gasteiger partial charge is 0.416 e. The predicted octanol–water partition coefficient (Wildman–Crippen LogP) is 5.08. The van der Waals surface area contributed by atoms with E-state index in [0.717, 1.165) is 24.3 Å². The van der Waals surface area contributed by atoms with Gasteiger partial charge in [0, 0.05) is 12.5 Å². The van der Waals surface area contributed by atoms with E-state index in [2.05, 4.69) is 0 Å². The number of fused-ring (bicyclic) bond motifs is 1.